The van der Waals surface area contributed by atoms with Crippen LogP contribution in [0.2, 0.25) is 0 Å². The van der Waals surface area contributed by atoms with E-state index in [2.05, 4.69) is 172 Å². The van der Waals surface area contributed by atoms with E-state index in [0.29, 0.717) is 0 Å². The standard InChI is InChI=1S/2C21H20/c2*1-17-9-8-14-20(15-18-10-4-2-5-11-18)21(17)16-19-12-6-3-7-13-19/h2*2-14H,15-16H2,1H3. The fraction of sp³-hybridized carbons (Fsp3) is 0.143. The summed E-state index contributed by atoms with van der Waals surface area (Å²) in [5, 5.41) is 0. The van der Waals surface area contributed by atoms with Gasteiger partial charge in [0.05, 0.1) is 0 Å². The van der Waals surface area contributed by atoms with Crippen molar-refractivity contribution in [1.82, 2.24) is 0 Å². The largest absolute Gasteiger partial charge is 0.0622 e. The van der Waals surface area contributed by atoms with Gasteiger partial charge in [-0.25, -0.2) is 0 Å². The topological polar surface area (TPSA) is 0 Å². The van der Waals surface area contributed by atoms with Crippen molar-refractivity contribution in [3.63, 3.8) is 0 Å². The van der Waals surface area contributed by atoms with Crippen molar-refractivity contribution in [3.05, 3.63) is 213 Å². The van der Waals surface area contributed by atoms with Crippen molar-refractivity contribution in [2.45, 2.75) is 39.5 Å². The second kappa shape index (κ2) is 14.8. The quantitative estimate of drug-likeness (QED) is 0.179. The molecule has 0 aliphatic rings. The summed E-state index contributed by atoms with van der Waals surface area (Å²) in [6.45, 7) is 4.43. The highest BCUT2D eigenvalue weighted by atomic mass is 14.1. The molecule has 6 aromatic carbocycles. The molecule has 0 aliphatic heterocycles. The van der Waals surface area contributed by atoms with Crippen LogP contribution in [0.4, 0.5) is 0 Å². The molecule has 0 radical (unpaired) electrons. The number of hydrogen-bond donors (Lipinski definition) is 0. The Kier molecular flexibility index (Phi) is 10.2. The Labute approximate surface area is 252 Å². The van der Waals surface area contributed by atoms with Crippen LogP contribution in [0.1, 0.15) is 55.6 Å². The van der Waals surface area contributed by atoms with Gasteiger partial charge in [-0.2, -0.15) is 0 Å². The number of hydrogen-bond acceptors (Lipinski definition) is 0. The molecule has 0 atom stereocenters. The molecule has 0 unspecified atom stereocenters. The van der Waals surface area contributed by atoms with Crippen molar-refractivity contribution < 1.29 is 0 Å². The van der Waals surface area contributed by atoms with Crippen LogP contribution in [-0.2, 0) is 25.7 Å². The minimum Gasteiger partial charge on any atom is -0.0622 e. The lowest BCUT2D eigenvalue weighted by atomic mass is 9.92. The molecule has 208 valence electrons. The summed E-state index contributed by atoms with van der Waals surface area (Å²) < 4.78 is 0. The van der Waals surface area contributed by atoms with Gasteiger partial charge in [0.25, 0.3) is 0 Å². The smallest absolute Gasteiger partial charge is 0.00203 e. The lowest BCUT2D eigenvalue weighted by Crippen LogP contribution is -2.00. The second-order valence-electron chi connectivity index (χ2n) is 11.1. The highest BCUT2D eigenvalue weighted by molar-refractivity contribution is 5.42. The van der Waals surface area contributed by atoms with E-state index in [1.54, 1.807) is 0 Å². The Morgan fingerprint density at radius 1 is 0.286 bits per heavy atom. The summed E-state index contributed by atoms with van der Waals surface area (Å²) in [5.41, 5.74) is 14.1. The first kappa shape index (κ1) is 28.8. The zero-order valence-corrected chi connectivity index (χ0v) is 24.8. The van der Waals surface area contributed by atoms with Crippen molar-refractivity contribution >= 4 is 0 Å². The Hall–Kier alpha value is -4.68. The molecule has 0 heterocycles. The van der Waals surface area contributed by atoms with E-state index in [1.165, 1.54) is 55.6 Å². The maximum atomic E-state index is 2.26. The Bertz CT molecular complexity index is 1520. The molecule has 0 nitrogen and oxygen atoms in total. The molecule has 0 saturated heterocycles. The molecular weight excluding hydrogens is 504 g/mol. The van der Waals surface area contributed by atoms with Crippen LogP contribution in [0.15, 0.2) is 158 Å². The van der Waals surface area contributed by atoms with E-state index < -0.39 is 0 Å². The zero-order valence-electron chi connectivity index (χ0n) is 24.8. The molecule has 0 aromatic heterocycles. The van der Waals surface area contributed by atoms with Crippen LogP contribution >= 0.6 is 0 Å². The highest BCUT2D eigenvalue weighted by Gasteiger charge is 2.09. The third kappa shape index (κ3) is 8.18. The predicted molar refractivity (Wildman–Crippen MR) is 179 cm³/mol. The summed E-state index contributed by atoms with van der Waals surface area (Å²) in [6, 6.07) is 56.1. The molecule has 0 amide bonds. The van der Waals surface area contributed by atoms with Crippen LogP contribution in [-0.4, -0.2) is 0 Å². The number of rotatable bonds is 8. The minimum atomic E-state index is 1.00. The molecule has 6 aromatic rings. The van der Waals surface area contributed by atoms with Crippen molar-refractivity contribution in [1.29, 1.82) is 0 Å². The molecule has 0 bridgehead atoms. The average Bonchev–Trinajstić information content (AvgIpc) is 3.03. The third-order valence-corrected chi connectivity index (χ3v) is 7.94. The first-order chi connectivity index (χ1) is 20.7. The van der Waals surface area contributed by atoms with Crippen LogP contribution in [0.5, 0.6) is 0 Å². The summed E-state index contributed by atoms with van der Waals surface area (Å²) >= 11 is 0. The molecule has 0 spiro atoms. The first-order valence-electron chi connectivity index (χ1n) is 15.0. The maximum Gasteiger partial charge on any atom is -0.00203 e. The molecule has 0 N–H and O–H groups in total. The summed E-state index contributed by atoms with van der Waals surface area (Å²) in [4.78, 5) is 0. The van der Waals surface area contributed by atoms with Gasteiger partial charge in [-0.3, -0.25) is 0 Å². The van der Waals surface area contributed by atoms with E-state index in [4.69, 9.17) is 0 Å². The summed E-state index contributed by atoms with van der Waals surface area (Å²) in [6.07, 6.45) is 4.03. The van der Waals surface area contributed by atoms with Gasteiger partial charge in [0.15, 0.2) is 0 Å². The molecule has 0 saturated carbocycles. The van der Waals surface area contributed by atoms with E-state index in [0.717, 1.165) is 25.7 Å². The average molecular weight is 545 g/mol. The highest BCUT2D eigenvalue weighted by Crippen LogP contribution is 2.23. The Morgan fingerprint density at radius 3 is 0.881 bits per heavy atom. The number of benzene rings is 6. The first-order valence-corrected chi connectivity index (χ1v) is 15.0. The fourth-order valence-electron chi connectivity index (χ4n) is 5.59. The van der Waals surface area contributed by atoms with Gasteiger partial charge in [-0.1, -0.05) is 158 Å². The molecule has 0 aliphatic carbocycles. The van der Waals surface area contributed by atoms with Gasteiger partial charge < -0.3 is 0 Å². The van der Waals surface area contributed by atoms with Crippen LogP contribution in [0, 0.1) is 13.8 Å². The van der Waals surface area contributed by atoms with Gasteiger partial charge in [0, 0.05) is 0 Å². The van der Waals surface area contributed by atoms with Crippen molar-refractivity contribution in [2.24, 2.45) is 0 Å². The Balaban J connectivity index is 0.000000168. The van der Waals surface area contributed by atoms with Crippen LogP contribution < -0.4 is 0 Å². The van der Waals surface area contributed by atoms with Gasteiger partial charge in [-0.05, 0) is 95.2 Å². The Morgan fingerprint density at radius 2 is 0.571 bits per heavy atom. The van der Waals surface area contributed by atoms with E-state index in [1.807, 2.05) is 0 Å². The molecule has 6 rings (SSSR count). The normalized spacial score (nSPS) is 10.5. The molecule has 0 heteroatoms. The van der Waals surface area contributed by atoms with Gasteiger partial charge >= 0.3 is 0 Å². The van der Waals surface area contributed by atoms with Crippen molar-refractivity contribution in [3.8, 4) is 0 Å². The molecule has 0 fully saturated rings. The lowest BCUT2D eigenvalue weighted by molar-refractivity contribution is 1.07. The van der Waals surface area contributed by atoms with E-state index in [9.17, 15) is 0 Å². The monoisotopic (exact) mass is 544 g/mol. The SMILES string of the molecule is Cc1cccc(Cc2ccccc2)c1Cc1ccccc1.Cc1cccc(Cc2ccccc2)c1Cc1ccccc1. The van der Waals surface area contributed by atoms with Gasteiger partial charge in [0.2, 0.25) is 0 Å². The third-order valence-electron chi connectivity index (χ3n) is 7.94. The second-order valence-corrected chi connectivity index (χ2v) is 11.1. The maximum absolute atomic E-state index is 2.26. The molecule has 42 heavy (non-hydrogen) atoms. The summed E-state index contributed by atoms with van der Waals surface area (Å²) in [5.74, 6) is 0. The lowest BCUT2D eigenvalue weighted by Gasteiger charge is -2.13. The van der Waals surface area contributed by atoms with Crippen molar-refractivity contribution in [2.75, 3.05) is 0 Å². The molecular formula is C42H40. The predicted octanol–water partition coefficient (Wildman–Crippen LogP) is 10.4. The van der Waals surface area contributed by atoms with Crippen LogP contribution in [0.25, 0.3) is 0 Å². The summed E-state index contributed by atoms with van der Waals surface area (Å²) in [7, 11) is 0. The van der Waals surface area contributed by atoms with Crippen LogP contribution in [0.3, 0.4) is 0 Å². The minimum absolute atomic E-state index is 1.00. The van der Waals surface area contributed by atoms with E-state index >= 15 is 0 Å². The van der Waals surface area contributed by atoms with Gasteiger partial charge in [-0.15, -0.1) is 0 Å². The fourth-order valence-corrected chi connectivity index (χ4v) is 5.59. The number of aryl methyl sites for hydroxylation is 2. The van der Waals surface area contributed by atoms with E-state index in [-0.39, 0.29) is 0 Å². The zero-order chi connectivity index (χ0) is 29.0. The van der Waals surface area contributed by atoms with Gasteiger partial charge in [0.1, 0.15) is 0 Å².